The normalized spacial score (nSPS) is 12.1. The highest BCUT2D eigenvalue weighted by molar-refractivity contribution is 8.00. The highest BCUT2D eigenvalue weighted by atomic mass is 32.2. The van der Waals surface area contributed by atoms with E-state index in [1.165, 1.54) is 41.3 Å². The average molecular weight is 463 g/mol. The zero-order chi connectivity index (χ0) is 22.5. The summed E-state index contributed by atoms with van der Waals surface area (Å²) in [5, 5.41) is 16.4. The van der Waals surface area contributed by atoms with Crippen molar-refractivity contribution in [2.45, 2.75) is 50.7 Å². The summed E-state index contributed by atoms with van der Waals surface area (Å²) in [4.78, 5) is 29.0. The SMILES string of the molecule is Cc1csc(NC(=O)[C@@H](C)Sc2nnc(CNC(=O)c3ccccc3F)n2C(C)C)n1. The van der Waals surface area contributed by atoms with Crippen LogP contribution in [-0.2, 0) is 11.3 Å². The molecule has 11 heteroatoms. The minimum absolute atomic E-state index is 0.00487. The van der Waals surface area contributed by atoms with Gasteiger partial charge in [0.25, 0.3) is 5.91 Å². The third-order valence-electron chi connectivity index (χ3n) is 4.28. The third-order valence-corrected chi connectivity index (χ3v) is 6.21. The number of nitrogens with zero attached hydrogens (tertiary/aromatic N) is 4. The zero-order valence-corrected chi connectivity index (χ0v) is 19.2. The Morgan fingerprint density at radius 2 is 1.97 bits per heavy atom. The minimum atomic E-state index is -0.586. The molecule has 0 spiro atoms. The monoisotopic (exact) mass is 462 g/mol. The Morgan fingerprint density at radius 3 is 2.61 bits per heavy atom. The quantitative estimate of drug-likeness (QED) is 0.494. The van der Waals surface area contributed by atoms with E-state index in [0.717, 1.165) is 5.69 Å². The Morgan fingerprint density at radius 1 is 1.23 bits per heavy atom. The van der Waals surface area contributed by atoms with Gasteiger partial charge in [-0.05, 0) is 39.8 Å². The van der Waals surface area contributed by atoms with Crippen molar-refractivity contribution < 1.29 is 14.0 Å². The van der Waals surface area contributed by atoms with Crippen LogP contribution in [0.15, 0.2) is 34.8 Å². The van der Waals surface area contributed by atoms with E-state index in [0.29, 0.717) is 16.1 Å². The van der Waals surface area contributed by atoms with Crippen molar-refractivity contribution >= 4 is 40.0 Å². The second-order valence-corrected chi connectivity index (χ2v) is 9.23. The summed E-state index contributed by atoms with van der Waals surface area (Å²) >= 11 is 2.64. The molecule has 31 heavy (non-hydrogen) atoms. The number of hydrogen-bond donors (Lipinski definition) is 2. The minimum Gasteiger partial charge on any atom is -0.345 e. The first kappa shape index (κ1) is 22.9. The molecule has 0 saturated heterocycles. The summed E-state index contributed by atoms with van der Waals surface area (Å²) in [6.45, 7) is 7.64. The fraction of sp³-hybridized carbons (Fsp3) is 0.350. The van der Waals surface area contributed by atoms with E-state index >= 15 is 0 Å². The van der Waals surface area contributed by atoms with Gasteiger partial charge in [0, 0.05) is 11.4 Å². The smallest absolute Gasteiger partial charge is 0.254 e. The van der Waals surface area contributed by atoms with Gasteiger partial charge >= 0.3 is 0 Å². The number of aromatic nitrogens is 4. The van der Waals surface area contributed by atoms with Crippen molar-refractivity contribution in [3.63, 3.8) is 0 Å². The number of thioether (sulfide) groups is 1. The molecule has 2 N–H and O–H groups in total. The number of carbonyl (C=O) groups excluding carboxylic acids is 2. The highest BCUT2D eigenvalue weighted by Gasteiger charge is 2.22. The van der Waals surface area contributed by atoms with Gasteiger partial charge in [0.05, 0.1) is 23.1 Å². The fourth-order valence-corrected chi connectivity index (χ4v) is 4.45. The van der Waals surface area contributed by atoms with Gasteiger partial charge in [-0.2, -0.15) is 0 Å². The Hall–Kier alpha value is -2.79. The summed E-state index contributed by atoms with van der Waals surface area (Å²) in [6.07, 6.45) is 0. The van der Waals surface area contributed by atoms with E-state index in [9.17, 15) is 14.0 Å². The molecule has 1 atom stereocenters. The molecule has 0 fully saturated rings. The lowest BCUT2D eigenvalue weighted by molar-refractivity contribution is -0.115. The van der Waals surface area contributed by atoms with Gasteiger partial charge in [-0.1, -0.05) is 23.9 Å². The number of benzene rings is 1. The number of hydrogen-bond acceptors (Lipinski definition) is 7. The maximum Gasteiger partial charge on any atom is 0.254 e. The van der Waals surface area contributed by atoms with Gasteiger partial charge in [-0.15, -0.1) is 21.5 Å². The molecule has 0 aliphatic carbocycles. The standard InChI is InChI=1S/C20H23FN6O2S2/c1-11(2)27-16(9-22-18(29)14-7-5-6-8-15(14)21)25-26-20(27)31-13(4)17(28)24-19-23-12(3)10-30-19/h5-8,10-11,13H,9H2,1-4H3,(H,22,29)(H,23,24,28)/t13-/m1/s1. The molecular weight excluding hydrogens is 439 g/mol. The molecule has 0 radical (unpaired) electrons. The van der Waals surface area contributed by atoms with Crippen molar-refractivity contribution in [1.29, 1.82) is 0 Å². The van der Waals surface area contributed by atoms with Crippen molar-refractivity contribution in [3.8, 4) is 0 Å². The lowest BCUT2D eigenvalue weighted by Crippen LogP contribution is -2.26. The molecule has 0 saturated carbocycles. The van der Waals surface area contributed by atoms with Crippen molar-refractivity contribution in [1.82, 2.24) is 25.1 Å². The molecule has 2 amide bonds. The second-order valence-electron chi connectivity index (χ2n) is 7.07. The van der Waals surface area contributed by atoms with Crippen molar-refractivity contribution in [2.75, 3.05) is 5.32 Å². The summed E-state index contributed by atoms with van der Waals surface area (Å²) in [7, 11) is 0. The van der Waals surface area contributed by atoms with Crippen molar-refractivity contribution in [2.24, 2.45) is 0 Å². The van der Waals surface area contributed by atoms with Gasteiger partial charge in [-0.25, -0.2) is 9.37 Å². The van der Waals surface area contributed by atoms with E-state index in [-0.39, 0.29) is 24.1 Å². The zero-order valence-electron chi connectivity index (χ0n) is 17.5. The number of rotatable bonds is 8. The summed E-state index contributed by atoms with van der Waals surface area (Å²) in [6, 6.07) is 5.78. The Labute approximate surface area is 187 Å². The molecule has 0 bridgehead atoms. The van der Waals surface area contributed by atoms with Crippen LogP contribution in [0.2, 0.25) is 0 Å². The predicted molar refractivity (Wildman–Crippen MR) is 119 cm³/mol. The van der Waals surface area contributed by atoms with E-state index in [1.807, 2.05) is 30.7 Å². The first-order chi connectivity index (χ1) is 14.8. The second kappa shape index (κ2) is 10.0. The van der Waals surface area contributed by atoms with Crippen LogP contribution in [0.1, 0.15) is 48.7 Å². The van der Waals surface area contributed by atoms with Crippen LogP contribution >= 0.6 is 23.1 Å². The molecule has 0 aliphatic heterocycles. The third kappa shape index (κ3) is 5.67. The summed E-state index contributed by atoms with van der Waals surface area (Å²) in [5.41, 5.74) is 0.817. The van der Waals surface area contributed by atoms with Gasteiger partial charge < -0.3 is 15.2 Å². The molecule has 0 unspecified atom stereocenters. The number of carbonyl (C=O) groups is 2. The molecular formula is C20H23FN6O2S2. The first-order valence-corrected chi connectivity index (χ1v) is 11.4. The Bertz CT molecular complexity index is 1080. The molecule has 0 aliphatic rings. The van der Waals surface area contributed by atoms with E-state index in [4.69, 9.17) is 0 Å². The maximum absolute atomic E-state index is 13.8. The fourth-order valence-electron chi connectivity index (χ4n) is 2.76. The molecule has 3 rings (SSSR count). The first-order valence-electron chi connectivity index (χ1n) is 9.62. The summed E-state index contributed by atoms with van der Waals surface area (Å²) in [5.74, 6) is -0.786. The molecule has 8 nitrogen and oxygen atoms in total. The molecule has 2 aromatic heterocycles. The maximum atomic E-state index is 13.8. The van der Waals surface area contributed by atoms with Crippen LogP contribution in [-0.4, -0.2) is 36.8 Å². The van der Waals surface area contributed by atoms with Gasteiger partial charge in [0.1, 0.15) is 5.82 Å². The van der Waals surface area contributed by atoms with Gasteiger partial charge in [0.2, 0.25) is 5.91 Å². The topological polar surface area (TPSA) is 102 Å². The molecule has 164 valence electrons. The lowest BCUT2D eigenvalue weighted by atomic mass is 10.2. The van der Waals surface area contributed by atoms with E-state index in [2.05, 4.69) is 25.8 Å². The number of halogens is 1. The molecule has 2 heterocycles. The van der Waals surface area contributed by atoms with Crippen LogP contribution in [0, 0.1) is 12.7 Å². The number of thiazole rings is 1. The average Bonchev–Trinajstić information content (AvgIpc) is 3.32. The largest absolute Gasteiger partial charge is 0.345 e. The number of anilines is 1. The highest BCUT2D eigenvalue weighted by Crippen LogP contribution is 2.27. The van der Waals surface area contributed by atoms with Crippen LogP contribution in [0.5, 0.6) is 0 Å². The van der Waals surface area contributed by atoms with Crippen LogP contribution in [0.4, 0.5) is 9.52 Å². The van der Waals surface area contributed by atoms with Crippen molar-refractivity contribution in [3.05, 3.63) is 52.5 Å². The summed E-state index contributed by atoms with van der Waals surface area (Å²) < 4.78 is 15.7. The Kier molecular flexibility index (Phi) is 7.39. The number of amides is 2. The van der Waals surface area contributed by atoms with E-state index < -0.39 is 17.0 Å². The Balaban J connectivity index is 1.67. The van der Waals surface area contributed by atoms with E-state index in [1.54, 1.807) is 13.0 Å². The van der Waals surface area contributed by atoms with Crippen LogP contribution in [0.25, 0.3) is 0 Å². The van der Waals surface area contributed by atoms with Gasteiger partial charge in [-0.3, -0.25) is 9.59 Å². The molecule has 3 aromatic rings. The van der Waals surface area contributed by atoms with Crippen LogP contribution < -0.4 is 10.6 Å². The van der Waals surface area contributed by atoms with Crippen LogP contribution in [0.3, 0.4) is 0 Å². The molecule has 1 aromatic carbocycles. The van der Waals surface area contributed by atoms with Gasteiger partial charge in [0.15, 0.2) is 16.1 Å². The predicted octanol–water partition coefficient (Wildman–Crippen LogP) is 3.81. The number of aryl methyl sites for hydroxylation is 1. The lowest BCUT2D eigenvalue weighted by Gasteiger charge is -2.16. The number of nitrogens with one attached hydrogen (secondary N) is 2.